The van der Waals surface area contributed by atoms with Gasteiger partial charge in [-0.15, -0.1) is 0 Å². The zero-order chi connectivity index (χ0) is 15.0. The van der Waals surface area contributed by atoms with Crippen molar-refractivity contribution < 1.29 is 14.6 Å². The van der Waals surface area contributed by atoms with Crippen molar-refractivity contribution in [2.75, 3.05) is 7.11 Å². The first-order valence-corrected chi connectivity index (χ1v) is 6.77. The van der Waals surface area contributed by atoms with Gasteiger partial charge in [-0.05, 0) is 25.7 Å². The van der Waals surface area contributed by atoms with Crippen molar-refractivity contribution in [3.05, 3.63) is 23.8 Å². The minimum absolute atomic E-state index is 0.130. The zero-order valence-electron chi connectivity index (χ0n) is 11.9. The van der Waals surface area contributed by atoms with E-state index < -0.39 is 5.97 Å². The molecular formula is C14H16N4O3. The number of hydrogen-bond acceptors (Lipinski definition) is 5. The molecule has 0 aliphatic heterocycles. The van der Waals surface area contributed by atoms with Crippen LogP contribution in [0.15, 0.2) is 12.4 Å². The quantitative estimate of drug-likeness (QED) is 0.901. The lowest BCUT2D eigenvalue weighted by molar-refractivity contribution is 0.0686. The molecule has 0 saturated heterocycles. The summed E-state index contributed by atoms with van der Waals surface area (Å²) in [5, 5.41) is 13.5. The second kappa shape index (κ2) is 5.16. The number of nitrogens with zero attached hydrogens (tertiary/aromatic N) is 4. The van der Waals surface area contributed by atoms with Crippen LogP contribution in [0, 0.1) is 12.8 Å². The Morgan fingerprint density at radius 3 is 2.86 bits per heavy atom. The highest BCUT2D eigenvalue weighted by atomic mass is 16.5. The first-order chi connectivity index (χ1) is 10.1. The maximum Gasteiger partial charge on any atom is 0.358 e. The van der Waals surface area contributed by atoms with E-state index in [1.54, 1.807) is 13.1 Å². The first kappa shape index (κ1) is 13.5. The Bertz CT molecular complexity index is 692. The van der Waals surface area contributed by atoms with Gasteiger partial charge >= 0.3 is 5.97 Å². The number of carboxylic acid groups (broad SMARTS) is 1. The predicted molar refractivity (Wildman–Crippen MR) is 74.2 cm³/mol. The van der Waals surface area contributed by atoms with Crippen LogP contribution in [0.5, 0.6) is 5.75 Å². The molecule has 0 atom stereocenters. The average molecular weight is 288 g/mol. The number of ether oxygens (including phenoxy) is 1. The standard InChI is InChI=1S/C14H16N4O3/c1-8-12(21-2)11(14(19)20)17-13(16-8)10-5-15-18(7-10)6-9-3-4-9/h5,7,9H,3-4,6H2,1-2H3,(H,19,20). The summed E-state index contributed by atoms with van der Waals surface area (Å²) < 4.78 is 6.93. The van der Waals surface area contributed by atoms with Crippen LogP contribution in [0.1, 0.15) is 29.0 Å². The number of carboxylic acids is 1. The number of rotatable bonds is 5. The van der Waals surface area contributed by atoms with E-state index in [0.29, 0.717) is 23.0 Å². The molecule has 2 aromatic rings. The number of aryl methyl sites for hydroxylation is 1. The zero-order valence-corrected chi connectivity index (χ0v) is 11.9. The van der Waals surface area contributed by atoms with E-state index in [4.69, 9.17) is 4.74 Å². The van der Waals surface area contributed by atoms with Gasteiger partial charge in [-0.2, -0.15) is 5.10 Å². The van der Waals surface area contributed by atoms with Crippen molar-refractivity contribution in [3.63, 3.8) is 0 Å². The van der Waals surface area contributed by atoms with Crippen molar-refractivity contribution in [1.29, 1.82) is 0 Å². The molecule has 2 heterocycles. The third-order valence-corrected chi connectivity index (χ3v) is 3.48. The van der Waals surface area contributed by atoms with Crippen molar-refractivity contribution in [2.45, 2.75) is 26.3 Å². The smallest absolute Gasteiger partial charge is 0.358 e. The molecule has 0 radical (unpaired) electrons. The van der Waals surface area contributed by atoms with Gasteiger partial charge in [0.1, 0.15) is 0 Å². The van der Waals surface area contributed by atoms with E-state index in [0.717, 1.165) is 6.54 Å². The lowest BCUT2D eigenvalue weighted by atomic mass is 10.2. The van der Waals surface area contributed by atoms with Gasteiger partial charge in [0.05, 0.1) is 24.6 Å². The van der Waals surface area contributed by atoms with E-state index in [9.17, 15) is 9.90 Å². The summed E-state index contributed by atoms with van der Waals surface area (Å²) in [7, 11) is 1.41. The number of aromatic nitrogens is 4. The molecule has 2 aromatic heterocycles. The van der Waals surface area contributed by atoms with Crippen LogP contribution in [-0.4, -0.2) is 37.9 Å². The molecule has 0 bridgehead atoms. The molecule has 0 unspecified atom stereocenters. The topological polar surface area (TPSA) is 90.1 Å². The van der Waals surface area contributed by atoms with Gasteiger partial charge < -0.3 is 9.84 Å². The van der Waals surface area contributed by atoms with Gasteiger partial charge in [-0.25, -0.2) is 14.8 Å². The van der Waals surface area contributed by atoms with Crippen LogP contribution >= 0.6 is 0 Å². The van der Waals surface area contributed by atoms with Gasteiger partial charge in [0, 0.05) is 12.7 Å². The molecule has 110 valence electrons. The summed E-state index contributed by atoms with van der Waals surface area (Å²) in [4.78, 5) is 19.7. The van der Waals surface area contributed by atoms with Crippen LogP contribution in [0.4, 0.5) is 0 Å². The highest BCUT2D eigenvalue weighted by Crippen LogP contribution is 2.31. The maximum atomic E-state index is 11.3. The monoisotopic (exact) mass is 288 g/mol. The van der Waals surface area contributed by atoms with Crippen molar-refractivity contribution in [1.82, 2.24) is 19.7 Å². The van der Waals surface area contributed by atoms with E-state index in [1.165, 1.54) is 20.0 Å². The second-order valence-corrected chi connectivity index (χ2v) is 5.21. The molecule has 0 aromatic carbocycles. The second-order valence-electron chi connectivity index (χ2n) is 5.21. The Hall–Kier alpha value is -2.44. The van der Waals surface area contributed by atoms with E-state index >= 15 is 0 Å². The van der Waals surface area contributed by atoms with Gasteiger partial charge in [-0.3, -0.25) is 4.68 Å². The Morgan fingerprint density at radius 1 is 1.48 bits per heavy atom. The van der Waals surface area contributed by atoms with E-state index in [-0.39, 0.29) is 11.4 Å². The van der Waals surface area contributed by atoms with Crippen molar-refractivity contribution >= 4 is 5.97 Å². The third kappa shape index (κ3) is 2.72. The van der Waals surface area contributed by atoms with Gasteiger partial charge in [0.2, 0.25) is 0 Å². The molecule has 21 heavy (non-hydrogen) atoms. The molecular weight excluding hydrogens is 272 g/mol. The van der Waals surface area contributed by atoms with E-state index in [1.807, 2.05) is 10.9 Å². The number of aromatic carboxylic acids is 1. The molecule has 1 saturated carbocycles. The molecule has 1 fully saturated rings. The van der Waals surface area contributed by atoms with Gasteiger partial charge in [0.25, 0.3) is 0 Å². The average Bonchev–Trinajstić information content (AvgIpc) is 3.13. The van der Waals surface area contributed by atoms with Crippen LogP contribution in [0.2, 0.25) is 0 Å². The molecule has 7 nitrogen and oxygen atoms in total. The van der Waals surface area contributed by atoms with Crippen molar-refractivity contribution in [3.8, 4) is 17.1 Å². The van der Waals surface area contributed by atoms with Crippen LogP contribution in [0.25, 0.3) is 11.4 Å². The minimum Gasteiger partial charge on any atom is -0.492 e. The van der Waals surface area contributed by atoms with E-state index in [2.05, 4.69) is 15.1 Å². The van der Waals surface area contributed by atoms with Gasteiger partial charge in [0.15, 0.2) is 17.3 Å². The number of hydrogen-bond donors (Lipinski definition) is 1. The molecule has 1 N–H and O–H groups in total. The molecule has 1 aliphatic rings. The summed E-state index contributed by atoms with van der Waals surface area (Å²) in [5.74, 6) is 0.124. The number of methoxy groups -OCH3 is 1. The molecule has 0 amide bonds. The summed E-state index contributed by atoms with van der Waals surface area (Å²) in [6.45, 7) is 2.59. The summed E-state index contributed by atoms with van der Waals surface area (Å²) in [5.41, 5.74) is 1.08. The van der Waals surface area contributed by atoms with Gasteiger partial charge in [-0.1, -0.05) is 0 Å². The highest BCUT2D eigenvalue weighted by molar-refractivity contribution is 5.89. The summed E-state index contributed by atoms with van der Waals surface area (Å²) in [6.07, 6.45) is 6.01. The fourth-order valence-electron chi connectivity index (χ4n) is 2.22. The largest absolute Gasteiger partial charge is 0.492 e. The Labute approximate surface area is 121 Å². The van der Waals surface area contributed by atoms with Crippen LogP contribution in [-0.2, 0) is 6.54 Å². The summed E-state index contributed by atoms with van der Waals surface area (Å²) in [6, 6.07) is 0. The molecule has 3 rings (SSSR count). The number of carbonyl (C=O) groups is 1. The van der Waals surface area contributed by atoms with Crippen LogP contribution in [0.3, 0.4) is 0 Å². The Kier molecular flexibility index (Phi) is 3.32. The molecule has 7 heteroatoms. The summed E-state index contributed by atoms with van der Waals surface area (Å²) >= 11 is 0. The highest BCUT2D eigenvalue weighted by Gasteiger charge is 2.23. The molecule has 0 spiro atoms. The Morgan fingerprint density at radius 2 is 2.24 bits per heavy atom. The maximum absolute atomic E-state index is 11.3. The predicted octanol–water partition coefficient (Wildman–Crippen LogP) is 1.77. The lowest BCUT2D eigenvalue weighted by Crippen LogP contribution is -2.08. The SMILES string of the molecule is COc1c(C)nc(-c2cnn(CC3CC3)c2)nc1C(=O)O. The fourth-order valence-corrected chi connectivity index (χ4v) is 2.22. The fraction of sp³-hybridized carbons (Fsp3) is 0.429. The third-order valence-electron chi connectivity index (χ3n) is 3.48. The normalized spacial score (nSPS) is 14.2. The first-order valence-electron chi connectivity index (χ1n) is 6.77. The Balaban J connectivity index is 1.97. The molecule has 1 aliphatic carbocycles. The van der Waals surface area contributed by atoms with Crippen molar-refractivity contribution in [2.24, 2.45) is 5.92 Å². The lowest BCUT2D eigenvalue weighted by Gasteiger charge is -2.08. The minimum atomic E-state index is -1.14. The van der Waals surface area contributed by atoms with Crippen LogP contribution < -0.4 is 4.74 Å².